The van der Waals surface area contributed by atoms with Gasteiger partial charge in [-0.15, -0.1) is 0 Å². The van der Waals surface area contributed by atoms with Crippen molar-refractivity contribution in [1.29, 1.82) is 5.26 Å². The maximum atomic E-state index is 12.7. The molecule has 0 saturated carbocycles. The van der Waals surface area contributed by atoms with Crippen LogP contribution in [0.4, 0.5) is 0 Å². The van der Waals surface area contributed by atoms with Gasteiger partial charge < -0.3 is 10.2 Å². The highest BCUT2D eigenvalue weighted by Crippen LogP contribution is 2.22. The first-order valence-corrected chi connectivity index (χ1v) is 10.4. The van der Waals surface area contributed by atoms with Gasteiger partial charge >= 0.3 is 0 Å². The minimum Gasteiger partial charge on any atom is -0.386 e. The molecule has 0 bridgehead atoms. The molecular weight excluding hydrogens is 414 g/mol. The number of nitrogens with one attached hydrogen (secondary N) is 1. The molecule has 0 aliphatic carbocycles. The zero-order valence-corrected chi connectivity index (χ0v) is 17.4. The van der Waals surface area contributed by atoms with Crippen molar-refractivity contribution in [1.82, 2.24) is 10.2 Å². The van der Waals surface area contributed by atoms with Crippen molar-refractivity contribution in [2.75, 3.05) is 13.1 Å². The van der Waals surface area contributed by atoms with E-state index in [9.17, 15) is 10.1 Å². The van der Waals surface area contributed by atoms with Gasteiger partial charge in [0.25, 0.3) is 5.91 Å². The van der Waals surface area contributed by atoms with Gasteiger partial charge in [-0.05, 0) is 48.4 Å². The molecule has 1 aliphatic heterocycles. The van der Waals surface area contributed by atoms with E-state index in [-0.39, 0.29) is 11.5 Å². The third-order valence-electron chi connectivity index (χ3n) is 5.06. The first kappa shape index (κ1) is 20.2. The van der Waals surface area contributed by atoms with Crippen molar-refractivity contribution in [3.63, 3.8) is 0 Å². The highest BCUT2D eigenvalue weighted by molar-refractivity contribution is 9.10. The molecule has 1 fully saturated rings. The van der Waals surface area contributed by atoms with Crippen molar-refractivity contribution >= 4 is 21.8 Å². The molecule has 0 unspecified atom stereocenters. The Labute approximate surface area is 175 Å². The number of likely N-dealkylation sites (tertiary alicyclic amines) is 1. The quantitative estimate of drug-likeness (QED) is 0.537. The van der Waals surface area contributed by atoms with Crippen molar-refractivity contribution in [2.45, 2.75) is 25.8 Å². The summed E-state index contributed by atoms with van der Waals surface area (Å²) in [5.41, 5.74) is 2.59. The number of carbonyl (C=O) groups excluding carboxylic acids is 1. The molecule has 1 saturated heterocycles. The van der Waals surface area contributed by atoms with Gasteiger partial charge in [0.2, 0.25) is 0 Å². The molecular formula is C23H24BrN3O. The lowest BCUT2D eigenvalue weighted by Gasteiger charge is -2.32. The number of hydrogen-bond acceptors (Lipinski definition) is 3. The summed E-state index contributed by atoms with van der Waals surface area (Å²) in [7, 11) is 0. The summed E-state index contributed by atoms with van der Waals surface area (Å²) in [6.07, 6.45) is 4.55. The Morgan fingerprint density at radius 3 is 2.54 bits per heavy atom. The van der Waals surface area contributed by atoms with Crippen LogP contribution in [0.3, 0.4) is 0 Å². The molecule has 0 atom stereocenters. The molecule has 3 rings (SSSR count). The van der Waals surface area contributed by atoms with E-state index in [1.165, 1.54) is 5.56 Å². The highest BCUT2D eigenvalue weighted by atomic mass is 79.9. The monoisotopic (exact) mass is 437 g/mol. The molecule has 2 aromatic carbocycles. The van der Waals surface area contributed by atoms with Crippen LogP contribution in [0.1, 0.15) is 24.0 Å². The largest absolute Gasteiger partial charge is 0.386 e. The highest BCUT2D eigenvalue weighted by Gasteiger charge is 2.25. The SMILES string of the molecule is N#C/C(=C/NCc1cccc(Br)c1)C(=O)N1CCC(Cc2ccccc2)CC1. The first-order chi connectivity index (χ1) is 13.7. The molecule has 4 nitrogen and oxygen atoms in total. The summed E-state index contributed by atoms with van der Waals surface area (Å²) < 4.78 is 1.01. The average molecular weight is 438 g/mol. The van der Waals surface area contributed by atoms with Crippen LogP contribution in [0.5, 0.6) is 0 Å². The topological polar surface area (TPSA) is 56.1 Å². The van der Waals surface area contributed by atoms with Crippen LogP contribution in [-0.2, 0) is 17.8 Å². The Bertz CT molecular complexity index is 865. The predicted molar refractivity (Wildman–Crippen MR) is 114 cm³/mol. The first-order valence-electron chi connectivity index (χ1n) is 9.57. The fourth-order valence-electron chi connectivity index (χ4n) is 3.52. The minimum atomic E-state index is -0.178. The van der Waals surface area contributed by atoms with Gasteiger partial charge in [-0.25, -0.2) is 0 Å². The number of benzene rings is 2. The summed E-state index contributed by atoms with van der Waals surface area (Å²) in [4.78, 5) is 14.5. The molecule has 28 heavy (non-hydrogen) atoms. The summed E-state index contributed by atoms with van der Waals surface area (Å²) in [6, 6.07) is 20.5. The van der Waals surface area contributed by atoms with Crippen LogP contribution in [0, 0.1) is 17.2 Å². The van der Waals surface area contributed by atoms with E-state index in [0.29, 0.717) is 25.6 Å². The molecule has 1 N–H and O–H groups in total. The lowest BCUT2D eigenvalue weighted by atomic mass is 9.90. The molecule has 2 aromatic rings. The number of hydrogen-bond donors (Lipinski definition) is 1. The second-order valence-corrected chi connectivity index (χ2v) is 8.02. The molecule has 5 heteroatoms. The number of nitriles is 1. The second-order valence-electron chi connectivity index (χ2n) is 7.11. The maximum Gasteiger partial charge on any atom is 0.265 e. The molecule has 1 heterocycles. The second kappa shape index (κ2) is 10.1. The Kier molecular flexibility index (Phi) is 7.27. The van der Waals surface area contributed by atoms with E-state index < -0.39 is 0 Å². The van der Waals surface area contributed by atoms with E-state index in [1.807, 2.05) is 36.4 Å². The van der Waals surface area contributed by atoms with Crippen LogP contribution in [0.25, 0.3) is 0 Å². The van der Waals surface area contributed by atoms with Crippen LogP contribution >= 0.6 is 15.9 Å². The van der Waals surface area contributed by atoms with Crippen molar-refractivity contribution in [3.8, 4) is 6.07 Å². The normalized spacial score (nSPS) is 15.1. The summed E-state index contributed by atoms with van der Waals surface area (Å²) in [5, 5.41) is 12.5. The molecule has 0 aromatic heterocycles. The standard InChI is InChI=1S/C23H24BrN3O/c24-22-8-4-7-20(14-22)16-26-17-21(15-25)23(28)27-11-9-19(10-12-27)13-18-5-2-1-3-6-18/h1-8,14,17,19,26H,9-13,16H2/b21-17-. The molecule has 1 amide bonds. The maximum absolute atomic E-state index is 12.7. The number of nitrogens with zero attached hydrogens (tertiary/aromatic N) is 2. The van der Waals surface area contributed by atoms with E-state index in [1.54, 1.807) is 11.1 Å². The zero-order chi connectivity index (χ0) is 19.8. The summed E-state index contributed by atoms with van der Waals surface area (Å²) in [6.45, 7) is 1.99. The van der Waals surface area contributed by atoms with E-state index in [0.717, 1.165) is 29.3 Å². The molecule has 0 spiro atoms. The van der Waals surface area contributed by atoms with E-state index in [2.05, 4.69) is 45.5 Å². The van der Waals surface area contributed by atoms with Gasteiger partial charge in [-0.2, -0.15) is 5.26 Å². The molecule has 144 valence electrons. The Hall–Kier alpha value is -2.58. The lowest BCUT2D eigenvalue weighted by molar-refractivity contribution is -0.128. The van der Waals surface area contributed by atoms with Crippen LogP contribution < -0.4 is 5.32 Å². The lowest BCUT2D eigenvalue weighted by Crippen LogP contribution is -2.39. The van der Waals surface area contributed by atoms with Gasteiger partial charge in [-0.3, -0.25) is 4.79 Å². The van der Waals surface area contributed by atoms with Gasteiger partial charge in [0, 0.05) is 30.3 Å². The fraction of sp³-hybridized carbons (Fsp3) is 0.304. The number of halogens is 1. The average Bonchev–Trinajstić information content (AvgIpc) is 2.72. The third-order valence-corrected chi connectivity index (χ3v) is 5.55. The number of piperidine rings is 1. The van der Waals surface area contributed by atoms with Gasteiger partial charge in [-0.1, -0.05) is 58.4 Å². The van der Waals surface area contributed by atoms with Crippen LogP contribution in [0.2, 0.25) is 0 Å². The van der Waals surface area contributed by atoms with Crippen molar-refractivity contribution in [2.24, 2.45) is 5.92 Å². The zero-order valence-electron chi connectivity index (χ0n) is 15.8. The number of carbonyl (C=O) groups is 1. The van der Waals surface area contributed by atoms with Gasteiger partial charge in [0.15, 0.2) is 0 Å². The predicted octanol–water partition coefficient (Wildman–Crippen LogP) is 4.43. The Balaban J connectivity index is 1.50. The smallest absolute Gasteiger partial charge is 0.265 e. The van der Waals surface area contributed by atoms with Crippen LogP contribution in [-0.4, -0.2) is 23.9 Å². The molecule has 1 aliphatic rings. The molecule has 0 radical (unpaired) electrons. The minimum absolute atomic E-state index is 0.163. The van der Waals surface area contributed by atoms with E-state index >= 15 is 0 Å². The fourth-order valence-corrected chi connectivity index (χ4v) is 3.96. The van der Waals surface area contributed by atoms with Crippen molar-refractivity contribution < 1.29 is 4.79 Å². The number of amides is 1. The summed E-state index contributed by atoms with van der Waals surface area (Å²) >= 11 is 3.44. The van der Waals surface area contributed by atoms with E-state index in [4.69, 9.17) is 0 Å². The number of rotatable bonds is 6. The third kappa shape index (κ3) is 5.71. The van der Waals surface area contributed by atoms with Crippen LogP contribution in [0.15, 0.2) is 70.8 Å². The van der Waals surface area contributed by atoms with Gasteiger partial charge in [0.1, 0.15) is 11.6 Å². The Morgan fingerprint density at radius 2 is 1.86 bits per heavy atom. The summed E-state index contributed by atoms with van der Waals surface area (Å²) in [5.74, 6) is 0.415. The Morgan fingerprint density at radius 1 is 1.14 bits per heavy atom. The van der Waals surface area contributed by atoms with Crippen molar-refractivity contribution in [3.05, 3.63) is 82.0 Å². The van der Waals surface area contributed by atoms with Gasteiger partial charge in [0.05, 0.1) is 0 Å².